The van der Waals surface area contributed by atoms with E-state index in [-0.39, 0.29) is 17.5 Å². The Labute approximate surface area is 628 Å². The summed E-state index contributed by atoms with van der Waals surface area (Å²) in [6, 6.07) is 86.6. The van der Waals surface area contributed by atoms with E-state index in [2.05, 4.69) is 120 Å². The number of hydrogen-bond acceptors (Lipinski definition) is 5. The van der Waals surface area contributed by atoms with Crippen LogP contribution >= 0.6 is 0 Å². The fraction of sp³-hybridized carbons (Fsp3) is 0.103. The SMILES string of the molecule is CCc1ccc2c(oc3cc(C)c(-c4cccc[n+]4C)cc32)c1C#N.Cc1cc2oc3c(-c4ccccc4)cc(F)cc3c2cc1-c1cccc[n+]1C.Cc1cc2oc3cc(-c4ccccc4)c(F)cc3c2cc1-c1cccc[n+]1C.Cc1cc2oc3cc(F)c(-c4ccccc4)cc3c2cc1-c1cccc[n+]1C. The topological polar surface area (TPSA) is 91.9 Å². The van der Waals surface area contributed by atoms with E-state index >= 15 is 0 Å². The molecule has 0 bridgehead atoms. The molecular weight excluding hydrogens is 1360 g/mol. The maximum absolute atomic E-state index is 14.9. The van der Waals surface area contributed by atoms with Crippen LogP contribution in [0.4, 0.5) is 13.2 Å². The molecule has 0 N–H and O–H groups in total. The van der Waals surface area contributed by atoms with Crippen molar-refractivity contribution in [2.45, 2.75) is 41.0 Å². The van der Waals surface area contributed by atoms with E-state index in [1.165, 1.54) is 11.6 Å². The molecule has 0 aliphatic rings. The second kappa shape index (κ2) is 29.1. The first kappa shape index (κ1) is 69.8. The summed E-state index contributed by atoms with van der Waals surface area (Å²) < 4.78 is 77.0. The van der Waals surface area contributed by atoms with Gasteiger partial charge in [0.05, 0.1) is 5.56 Å². The predicted octanol–water partition coefficient (Wildman–Crippen LogP) is 23.4. The molecular formula is C97H76F3N5O4+4. The maximum Gasteiger partial charge on any atom is 0.212 e. The fourth-order valence-corrected chi connectivity index (χ4v) is 15.1. The Hall–Kier alpha value is -13.5. The molecule has 0 unspecified atom stereocenters. The summed E-state index contributed by atoms with van der Waals surface area (Å²) in [5, 5.41) is 17.0. The molecule has 0 atom stereocenters. The van der Waals surface area contributed by atoms with Gasteiger partial charge in [-0.2, -0.15) is 5.26 Å². The minimum absolute atomic E-state index is 0.242. The third-order valence-electron chi connectivity index (χ3n) is 20.8. The Balaban J connectivity index is 0.000000111. The van der Waals surface area contributed by atoms with Crippen LogP contribution in [-0.2, 0) is 34.6 Å². The Morgan fingerprint density at radius 2 is 0.633 bits per heavy atom. The normalized spacial score (nSPS) is 11.3. The molecule has 530 valence electrons. The highest BCUT2D eigenvalue weighted by Crippen LogP contribution is 2.43. The van der Waals surface area contributed by atoms with Gasteiger partial charge in [-0.3, -0.25) is 0 Å². The number of halogens is 3. The largest absolute Gasteiger partial charge is 0.456 e. The van der Waals surface area contributed by atoms with Gasteiger partial charge in [-0.05, 0) is 182 Å². The molecule has 19 rings (SSSR count). The first-order chi connectivity index (χ1) is 53.0. The minimum atomic E-state index is -0.274. The lowest BCUT2D eigenvalue weighted by Crippen LogP contribution is -2.30. The molecule has 0 aliphatic carbocycles. The highest BCUT2D eigenvalue weighted by molar-refractivity contribution is 6.12. The van der Waals surface area contributed by atoms with Crippen LogP contribution in [0.3, 0.4) is 0 Å². The van der Waals surface area contributed by atoms with E-state index in [4.69, 9.17) is 17.7 Å². The van der Waals surface area contributed by atoms with Gasteiger partial charge in [-0.15, -0.1) is 0 Å². The van der Waals surface area contributed by atoms with Gasteiger partial charge in [0.15, 0.2) is 30.4 Å². The zero-order chi connectivity index (χ0) is 75.3. The summed E-state index contributed by atoms with van der Waals surface area (Å²) in [7, 11) is 8.14. The molecule has 8 heterocycles. The highest BCUT2D eigenvalue weighted by atomic mass is 19.1. The van der Waals surface area contributed by atoms with Crippen LogP contribution in [0.15, 0.2) is 303 Å². The second-order valence-corrected chi connectivity index (χ2v) is 27.9. The van der Waals surface area contributed by atoms with Gasteiger partial charge in [0.2, 0.25) is 22.8 Å². The molecule has 0 radical (unpaired) electrons. The lowest BCUT2D eigenvalue weighted by atomic mass is 9.99. The lowest BCUT2D eigenvalue weighted by Gasteiger charge is -2.05. The van der Waals surface area contributed by atoms with Crippen LogP contribution in [0.25, 0.3) is 166 Å². The van der Waals surface area contributed by atoms with E-state index in [0.29, 0.717) is 33.4 Å². The number of nitriles is 1. The van der Waals surface area contributed by atoms with Crippen molar-refractivity contribution in [2.75, 3.05) is 0 Å². The van der Waals surface area contributed by atoms with E-state index < -0.39 is 0 Å². The standard InChI is InChI=1S/3C25H19FNO.C22H19N2O/c1-16-12-24-20(13-18(16)23-10-6-7-11-27(23)2)21-14-22(26)19(15-25(21)28-24)17-8-4-3-5-9-17;1-16-12-24-20(13-18(16)23-10-6-7-11-27(23)2)21-14-19(17-8-4-3-5-9-17)22(26)15-25(21)28-24;1-16-12-24-21(15-19(16)23-10-6-7-11-27(23)2)22-14-18(26)13-20(25(22)28-24)17-8-4-3-5-9-17;1-4-15-8-9-16-18-12-17(20-7-5-6-10-24(20)3)14(2)11-21(18)25-22(16)19(15)13-23/h3*3-15H,1-2H3;5-12H,4H2,1-3H3/q4*+1. The van der Waals surface area contributed by atoms with Crippen molar-refractivity contribution >= 4 is 87.8 Å². The van der Waals surface area contributed by atoms with Crippen LogP contribution < -0.4 is 18.3 Å². The lowest BCUT2D eigenvalue weighted by molar-refractivity contribution is -0.660. The molecule has 0 fully saturated rings. The average molecular weight is 1430 g/mol. The zero-order valence-corrected chi connectivity index (χ0v) is 61.8. The summed E-state index contributed by atoms with van der Waals surface area (Å²) in [5.41, 5.74) is 25.7. The van der Waals surface area contributed by atoms with Crippen molar-refractivity contribution in [2.24, 2.45) is 28.2 Å². The minimum Gasteiger partial charge on any atom is -0.456 e. The number of nitrogens with zero attached hydrogens (tertiary/aromatic N) is 5. The number of hydrogen-bond donors (Lipinski definition) is 0. The molecule has 0 saturated heterocycles. The van der Waals surface area contributed by atoms with Crippen LogP contribution in [0.5, 0.6) is 0 Å². The van der Waals surface area contributed by atoms with Crippen molar-refractivity contribution in [1.29, 1.82) is 5.26 Å². The molecule has 12 heteroatoms. The first-order valence-corrected chi connectivity index (χ1v) is 36.3. The third kappa shape index (κ3) is 13.2. The Morgan fingerprint density at radius 3 is 1.05 bits per heavy atom. The molecule has 9 nitrogen and oxygen atoms in total. The van der Waals surface area contributed by atoms with E-state index in [9.17, 15) is 18.4 Å². The number of rotatable bonds is 8. The van der Waals surface area contributed by atoms with Gasteiger partial charge >= 0.3 is 0 Å². The monoisotopic (exact) mass is 1430 g/mol. The molecule has 11 aromatic carbocycles. The van der Waals surface area contributed by atoms with Crippen molar-refractivity contribution in [3.63, 3.8) is 0 Å². The number of pyridine rings is 4. The quantitative estimate of drug-likeness (QED) is 0.141. The Morgan fingerprint density at radius 1 is 0.303 bits per heavy atom. The molecule has 0 amide bonds. The van der Waals surface area contributed by atoms with Crippen LogP contribution in [0.2, 0.25) is 0 Å². The molecule has 0 spiro atoms. The van der Waals surface area contributed by atoms with Gasteiger partial charge in [-0.1, -0.05) is 110 Å². The molecule has 0 aliphatic heterocycles. The van der Waals surface area contributed by atoms with Crippen molar-refractivity contribution in [3.8, 4) is 84.5 Å². The number of benzene rings is 11. The molecule has 8 aromatic heterocycles. The predicted molar refractivity (Wildman–Crippen MR) is 431 cm³/mol. The van der Waals surface area contributed by atoms with Gasteiger partial charge in [0.1, 0.15) is 90.8 Å². The van der Waals surface area contributed by atoms with E-state index in [1.807, 2.05) is 223 Å². The molecule has 109 heavy (non-hydrogen) atoms. The van der Waals surface area contributed by atoms with Crippen molar-refractivity contribution < 1.29 is 49.1 Å². The van der Waals surface area contributed by atoms with Crippen LogP contribution in [0, 0.1) is 56.5 Å². The first-order valence-electron chi connectivity index (χ1n) is 36.3. The Bertz CT molecular complexity index is 6800. The van der Waals surface area contributed by atoms with Crippen LogP contribution in [-0.4, -0.2) is 0 Å². The highest BCUT2D eigenvalue weighted by Gasteiger charge is 2.24. The number of fused-ring (bicyclic) bond motifs is 12. The summed E-state index contributed by atoms with van der Waals surface area (Å²) in [5.74, 6) is -0.778. The number of aromatic nitrogens is 4. The third-order valence-corrected chi connectivity index (χ3v) is 20.8. The summed E-state index contributed by atoms with van der Waals surface area (Å²) >= 11 is 0. The summed E-state index contributed by atoms with van der Waals surface area (Å²) in [6.07, 6.45) is 8.96. The fourth-order valence-electron chi connectivity index (χ4n) is 15.1. The van der Waals surface area contributed by atoms with Crippen LogP contribution in [0.1, 0.15) is 40.3 Å². The van der Waals surface area contributed by atoms with E-state index in [0.717, 1.165) is 167 Å². The molecule has 19 aromatic rings. The second-order valence-electron chi connectivity index (χ2n) is 27.9. The smallest absolute Gasteiger partial charge is 0.212 e. The van der Waals surface area contributed by atoms with Crippen molar-refractivity contribution in [1.82, 2.24) is 0 Å². The maximum atomic E-state index is 14.9. The Kier molecular flexibility index (Phi) is 18.6. The summed E-state index contributed by atoms with van der Waals surface area (Å²) in [6.45, 7) is 10.4. The van der Waals surface area contributed by atoms with Gasteiger partial charge in [0, 0.05) is 137 Å². The van der Waals surface area contributed by atoms with Gasteiger partial charge in [-0.25, -0.2) is 31.4 Å². The average Bonchev–Trinajstić information content (AvgIpc) is 1.66. The van der Waals surface area contributed by atoms with Gasteiger partial charge < -0.3 is 17.7 Å². The molecule has 0 saturated carbocycles. The van der Waals surface area contributed by atoms with E-state index in [1.54, 1.807) is 24.3 Å². The zero-order valence-electron chi connectivity index (χ0n) is 61.8. The number of furan rings is 4. The van der Waals surface area contributed by atoms with Crippen molar-refractivity contribution in [3.05, 3.63) is 336 Å². The van der Waals surface area contributed by atoms with Gasteiger partial charge in [0.25, 0.3) is 0 Å². The summed E-state index contributed by atoms with van der Waals surface area (Å²) in [4.78, 5) is 0. The number of aryl methyl sites for hydroxylation is 9.